The van der Waals surface area contributed by atoms with Crippen LogP contribution in [0, 0.1) is 19.8 Å². The van der Waals surface area contributed by atoms with Gasteiger partial charge in [-0.15, -0.1) is 0 Å². The first kappa shape index (κ1) is 27.6. The minimum absolute atomic E-state index is 0.0208. The molecule has 2 rings (SSSR count). The molecule has 0 fully saturated rings. The molecule has 0 saturated carbocycles. The Kier molecular flexibility index (Phi) is 12.7. The molecule has 7 nitrogen and oxygen atoms in total. The van der Waals surface area contributed by atoms with E-state index in [2.05, 4.69) is 0 Å². The number of aryl methyl sites for hydroxylation is 2. The van der Waals surface area contributed by atoms with Crippen molar-refractivity contribution in [2.75, 3.05) is 0 Å². The zero-order valence-electron chi connectivity index (χ0n) is 18.0. The Morgan fingerprint density at radius 3 is 1.27 bits per heavy atom. The predicted molar refractivity (Wildman–Crippen MR) is 119 cm³/mol. The highest BCUT2D eigenvalue weighted by Crippen LogP contribution is 2.21. The molecule has 0 saturated heterocycles. The lowest BCUT2D eigenvalue weighted by molar-refractivity contribution is -0.140. The number of nitrogens with two attached hydrogens (primary N) is 2. The van der Waals surface area contributed by atoms with Crippen molar-refractivity contribution in [3.63, 3.8) is 0 Å². The molecule has 0 bridgehead atoms. The molecule has 0 aliphatic rings. The zero-order valence-corrected chi connectivity index (χ0v) is 18.8. The maximum absolute atomic E-state index is 12.2. The molecule has 0 unspecified atom stereocenters. The Morgan fingerprint density at radius 1 is 0.800 bits per heavy atom. The highest BCUT2D eigenvalue weighted by atomic mass is 32.2. The first-order valence-corrected chi connectivity index (χ1v) is 10.5. The van der Waals surface area contributed by atoms with Gasteiger partial charge in [0.05, 0.1) is 0 Å². The summed E-state index contributed by atoms with van der Waals surface area (Å²) in [6.45, 7) is 9.02. The summed E-state index contributed by atoms with van der Waals surface area (Å²) in [6, 6.07) is 14.2. The van der Waals surface area contributed by atoms with E-state index in [1.807, 2.05) is 62.4 Å². The lowest BCUT2D eigenvalue weighted by atomic mass is 10.1. The van der Waals surface area contributed by atoms with Gasteiger partial charge in [-0.3, -0.25) is 9.59 Å². The van der Waals surface area contributed by atoms with E-state index >= 15 is 0 Å². The minimum atomic E-state index is -1.06. The summed E-state index contributed by atoms with van der Waals surface area (Å²) >= 11 is -1.06. The van der Waals surface area contributed by atoms with Gasteiger partial charge in [0, 0.05) is 11.2 Å². The van der Waals surface area contributed by atoms with Crippen molar-refractivity contribution < 1.29 is 24.4 Å². The highest BCUT2D eigenvalue weighted by Gasteiger charge is 2.14. The van der Waals surface area contributed by atoms with Gasteiger partial charge < -0.3 is 26.2 Å². The summed E-state index contributed by atoms with van der Waals surface area (Å²) in [5.74, 6) is -1.87. The Labute approximate surface area is 181 Å². The molecule has 0 aliphatic heterocycles. The van der Waals surface area contributed by atoms with Crippen LogP contribution in [0.4, 0.5) is 0 Å². The molecule has 0 radical (unpaired) electrons. The van der Waals surface area contributed by atoms with Crippen molar-refractivity contribution in [2.45, 2.75) is 56.5 Å². The maximum Gasteiger partial charge on any atom is 0.320 e. The Balaban J connectivity index is 0.000000505. The van der Waals surface area contributed by atoms with Gasteiger partial charge in [0.15, 0.2) is 9.79 Å². The van der Waals surface area contributed by atoms with E-state index in [1.165, 1.54) is 18.1 Å². The molecule has 0 heterocycles. The number of aliphatic carboxylic acids is 2. The molecule has 2 atom stereocenters. The number of carboxylic acid groups (broad SMARTS) is 2. The summed E-state index contributed by atoms with van der Waals surface area (Å²) in [5, 5.41) is 16.1. The largest absolute Gasteiger partial charge is 0.606 e. The lowest BCUT2D eigenvalue weighted by Gasteiger charge is -2.09. The molecule has 2 aromatic rings. The van der Waals surface area contributed by atoms with E-state index < -0.39 is 35.2 Å². The van der Waals surface area contributed by atoms with Gasteiger partial charge in [0.2, 0.25) is 0 Å². The van der Waals surface area contributed by atoms with Gasteiger partial charge in [-0.05, 0) is 51.0 Å². The summed E-state index contributed by atoms with van der Waals surface area (Å²) in [5.41, 5.74) is 12.4. The molecule has 2 aromatic carbocycles. The number of rotatable bonds is 5. The molecule has 166 valence electrons. The zero-order chi connectivity index (χ0) is 23.4. The van der Waals surface area contributed by atoms with Crippen molar-refractivity contribution in [1.82, 2.24) is 0 Å². The minimum Gasteiger partial charge on any atom is -0.606 e. The second-order valence-corrected chi connectivity index (χ2v) is 8.61. The van der Waals surface area contributed by atoms with Crippen LogP contribution in [0.3, 0.4) is 0 Å². The number of carbonyl (C=O) groups is 2. The highest BCUT2D eigenvalue weighted by molar-refractivity contribution is 7.91. The van der Waals surface area contributed by atoms with Gasteiger partial charge >= 0.3 is 11.9 Å². The summed E-state index contributed by atoms with van der Waals surface area (Å²) in [7, 11) is 0. The van der Waals surface area contributed by atoms with Crippen LogP contribution in [0.1, 0.15) is 31.9 Å². The van der Waals surface area contributed by atoms with Crippen molar-refractivity contribution >= 4 is 23.1 Å². The van der Waals surface area contributed by atoms with Crippen LogP contribution in [0.5, 0.6) is 0 Å². The van der Waals surface area contributed by atoms with E-state index in [0.717, 1.165) is 9.79 Å². The van der Waals surface area contributed by atoms with Gasteiger partial charge in [-0.2, -0.15) is 0 Å². The second-order valence-electron chi connectivity index (χ2n) is 7.13. The average molecular weight is 437 g/mol. The fraction of sp³-hybridized carbons (Fsp3) is 0.364. The van der Waals surface area contributed by atoms with Crippen LogP contribution >= 0.6 is 0 Å². The van der Waals surface area contributed by atoms with Crippen molar-refractivity contribution in [2.24, 2.45) is 17.4 Å². The van der Waals surface area contributed by atoms with E-state index in [9.17, 15) is 14.1 Å². The quantitative estimate of drug-likeness (QED) is 0.526. The number of carboxylic acids is 2. The monoisotopic (exact) mass is 436 g/mol. The van der Waals surface area contributed by atoms with Gasteiger partial charge in [-0.1, -0.05) is 49.2 Å². The predicted octanol–water partition coefficient (Wildman–Crippen LogP) is 2.94. The Bertz CT molecular complexity index is 732. The normalized spacial score (nSPS) is 12.2. The fourth-order valence-corrected chi connectivity index (χ4v) is 2.78. The van der Waals surface area contributed by atoms with E-state index in [0.29, 0.717) is 0 Å². The van der Waals surface area contributed by atoms with Crippen LogP contribution < -0.4 is 11.5 Å². The van der Waals surface area contributed by atoms with Crippen molar-refractivity contribution in [3.05, 3.63) is 59.7 Å². The third-order valence-electron chi connectivity index (χ3n) is 3.86. The SMILES string of the molecule is CC(C)[C@H](N)C(=O)O.C[C@H](N)C(=O)O.Cc1ccc([S+]([O-])c2ccc(C)cc2)cc1. The molecular formula is C22H32N2O5S. The summed E-state index contributed by atoms with van der Waals surface area (Å²) in [4.78, 5) is 21.3. The standard InChI is InChI=1S/C14H14OS.C5H11NO2.C3H7NO2/c1-11-3-7-13(8-4-11)16(15)14-9-5-12(2)6-10-14;1-3(2)4(6)5(7)8;1-2(4)3(5)6/h3-10H,1-2H3;3-4H,6H2,1-2H3,(H,7,8);2H,4H2,1H3,(H,5,6)/t;4-;2-/m.00/s1. The molecule has 8 heteroatoms. The molecule has 0 amide bonds. The first-order chi connectivity index (χ1) is 13.9. The lowest BCUT2D eigenvalue weighted by Crippen LogP contribution is -2.34. The molecule has 0 spiro atoms. The number of benzene rings is 2. The first-order valence-electron chi connectivity index (χ1n) is 9.38. The number of hydrogen-bond donors (Lipinski definition) is 4. The molecule has 30 heavy (non-hydrogen) atoms. The third kappa shape index (κ3) is 11.0. The van der Waals surface area contributed by atoms with E-state index in [-0.39, 0.29) is 5.92 Å². The molecule has 6 N–H and O–H groups in total. The summed E-state index contributed by atoms with van der Waals surface area (Å²) < 4.78 is 12.2. The Hall–Kier alpha value is -2.39. The summed E-state index contributed by atoms with van der Waals surface area (Å²) in [6.07, 6.45) is 0. The van der Waals surface area contributed by atoms with Crippen LogP contribution in [0.25, 0.3) is 0 Å². The maximum atomic E-state index is 12.2. The molecule has 0 aliphatic carbocycles. The fourth-order valence-electron chi connectivity index (χ4n) is 1.74. The van der Waals surface area contributed by atoms with E-state index in [4.69, 9.17) is 21.7 Å². The van der Waals surface area contributed by atoms with Crippen molar-refractivity contribution in [3.8, 4) is 0 Å². The number of hydrogen-bond acceptors (Lipinski definition) is 5. The van der Waals surface area contributed by atoms with Gasteiger partial charge in [0.25, 0.3) is 0 Å². The van der Waals surface area contributed by atoms with Crippen LogP contribution in [-0.4, -0.2) is 38.8 Å². The second kappa shape index (κ2) is 13.8. The van der Waals surface area contributed by atoms with Gasteiger partial charge in [0.1, 0.15) is 12.1 Å². The topological polar surface area (TPSA) is 150 Å². The molecular weight excluding hydrogens is 404 g/mol. The van der Waals surface area contributed by atoms with Crippen LogP contribution in [0.15, 0.2) is 58.3 Å². The average Bonchev–Trinajstić information content (AvgIpc) is 2.68. The smallest absolute Gasteiger partial charge is 0.320 e. The van der Waals surface area contributed by atoms with Gasteiger partial charge in [-0.25, -0.2) is 0 Å². The Morgan fingerprint density at radius 2 is 1.10 bits per heavy atom. The molecule has 0 aromatic heterocycles. The van der Waals surface area contributed by atoms with Crippen LogP contribution in [-0.2, 0) is 20.8 Å². The van der Waals surface area contributed by atoms with Crippen LogP contribution in [0.2, 0.25) is 0 Å². The third-order valence-corrected chi connectivity index (χ3v) is 5.26. The van der Waals surface area contributed by atoms with E-state index in [1.54, 1.807) is 13.8 Å². The van der Waals surface area contributed by atoms with Crippen molar-refractivity contribution in [1.29, 1.82) is 0 Å².